The number of carboxylic acid groups (broad SMARTS) is 1. The van der Waals surface area contributed by atoms with Crippen molar-refractivity contribution >= 4 is 35.2 Å². The van der Waals surface area contributed by atoms with Gasteiger partial charge in [0.25, 0.3) is 0 Å². The highest BCUT2D eigenvalue weighted by Crippen LogP contribution is 2.32. The zero-order chi connectivity index (χ0) is 18.3. The van der Waals surface area contributed by atoms with Gasteiger partial charge in [0.1, 0.15) is 16.9 Å². The molecule has 0 bridgehead atoms. The predicted molar refractivity (Wildman–Crippen MR) is 92.2 cm³/mol. The fraction of sp³-hybridized carbons (Fsp3) is 0.571. The van der Waals surface area contributed by atoms with Crippen molar-refractivity contribution in [1.29, 1.82) is 0 Å². The molecule has 1 amide bonds. The van der Waals surface area contributed by atoms with Crippen LogP contribution in [0.25, 0.3) is 0 Å². The Kier molecular flexibility index (Phi) is 7.49. The number of nitrogens with one attached hydrogen (secondary N) is 1. The number of thioether (sulfide) groups is 1. The first-order valence-corrected chi connectivity index (χ1v) is 9.00. The van der Waals surface area contributed by atoms with E-state index < -0.39 is 33.9 Å². The van der Waals surface area contributed by atoms with Crippen molar-refractivity contribution in [2.75, 3.05) is 12.3 Å². The van der Waals surface area contributed by atoms with Gasteiger partial charge in [0.2, 0.25) is 6.54 Å². The van der Waals surface area contributed by atoms with Gasteiger partial charge in [-0.3, -0.25) is 10.1 Å². The van der Waals surface area contributed by atoms with Gasteiger partial charge in [0, 0.05) is 15.6 Å². The van der Waals surface area contributed by atoms with Crippen molar-refractivity contribution in [3.8, 4) is 0 Å². The number of hydrogen-bond donors (Lipinski definition) is 2. The van der Waals surface area contributed by atoms with Gasteiger partial charge in [0.05, 0.1) is 0 Å². The summed E-state index contributed by atoms with van der Waals surface area (Å²) in [5.74, 6) is -1.23. The van der Waals surface area contributed by atoms with Gasteiger partial charge < -0.3 is 15.2 Å². The predicted octanol–water partition coefficient (Wildman–Crippen LogP) is 2.78. The average Bonchev–Trinajstić information content (AvgIpc) is 2.92. The lowest BCUT2D eigenvalue weighted by Crippen LogP contribution is -2.45. The number of aliphatic carboxylic acids is 1. The quantitative estimate of drug-likeness (QED) is 0.529. The van der Waals surface area contributed by atoms with E-state index in [0.717, 1.165) is 16.6 Å². The maximum absolute atomic E-state index is 11.7. The summed E-state index contributed by atoms with van der Waals surface area (Å²) < 4.78 is 5.03. The van der Waals surface area contributed by atoms with Crippen LogP contribution in [0.3, 0.4) is 0 Å². The normalized spacial score (nSPS) is 13.8. The summed E-state index contributed by atoms with van der Waals surface area (Å²) in [5, 5.41) is 23.7. The van der Waals surface area contributed by atoms with Crippen LogP contribution >= 0.6 is 23.1 Å². The highest BCUT2D eigenvalue weighted by molar-refractivity contribution is 7.99. The summed E-state index contributed by atoms with van der Waals surface area (Å²) in [4.78, 5) is 34.2. The zero-order valence-electron chi connectivity index (χ0n) is 13.6. The molecule has 1 unspecified atom stereocenters. The van der Waals surface area contributed by atoms with E-state index in [1.165, 1.54) is 11.3 Å². The molecule has 2 atom stereocenters. The molecule has 0 aromatic carbocycles. The highest BCUT2D eigenvalue weighted by atomic mass is 32.2. The zero-order valence-corrected chi connectivity index (χ0v) is 15.2. The van der Waals surface area contributed by atoms with Crippen molar-refractivity contribution in [3.05, 3.63) is 32.5 Å². The van der Waals surface area contributed by atoms with E-state index in [4.69, 9.17) is 4.74 Å². The van der Waals surface area contributed by atoms with E-state index in [1.54, 1.807) is 38.3 Å². The summed E-state index contributed by atoms with van der Waals surface area (Å²) in [6, 6.07) is 2.35. The molecule has 1 aromatic heterocycles. The van der Waals surface area contributed by atoms with Crippen LogP contribution in [0.4, 0.5) is 4.79 Å². The number of carboxylic acids is 1. The number of carbonyl (C=O) groups is 2. The Morgan fingerprint density at radius 2 is 2.17 bits per heavy atom. The minimum atomic E-state index is -1.22. The van der Waals surface area contributed by atoms with Crippen molar-refractivity contribution in [3.63, 3.8) is 0 Å². The Morgan fingerprint density at radius 3 is 2.62 bits per heavy atom. The van der Waals surface area contributed by atoms with Crippen LogP contribution in [0.5, 0.6) is 0 Å². The molecule has 0 radical (unpaired) electrons. The van der Waals surface area contributed by atoms with Crippen LogP contribution in [0, 0.1) is 10.1 Å². The number of alkyl carbamates (subject to hydrolysis) is 1. The van der Waals surface area contributed by atoms with E-state index in [0.29, 0.717) is 0 Å². The van der Waals surface area contributed by atoms with Gasteiger partial charge in [-0.2, -0.15) is 0 Å². The fourth-order valence-electron chi connectivity index (χ4n) is 1.67. The molecule has 10 heteroatoms. The standard InChI is InChI=1S/C14H20N2O6S2/c1-14(2,3)22-13(19)15-9(12(17)18)8-24-11(7-16(20)21)10-5-4-6-23-10/h4-6,9,11H,7-8H2,1-3H3,(H,15,19)(H,17,18)/t9-,11?/m0/s1. The monoisotopic (exact) mass is 376 g/mol. The maximum atomic E-state index is 11.7. The second kappa shape index (κ2) is 8.88. The Hall–Kier alpha value is -1.81. The fourth-order valence-corrected chi connectivity index (χ4v) is 3.86. The molecule has 1 aromatic rings. The van der Waals surface area contributed by atoms with E-state index in [1.807, 2.05) is 0 Å². The van der Waals surface area contributed by atoms with Crippen molar-refractivity contribution < 1.29 is 24.4 Å². The smallest absolute Gasteiger partial charge is 0.408 e. The first kappa shape index (κ1) is 20.2. The van der Waals surface area contributed by atoms with E-state index in [2.05, 4.69) is 5.32 Å². The van der Waals surface area contributed by atoms with E-state index in [9.17, 15) is 24.8 Å². The van der Waals surface area contributed by atoms with E-state index in [-0.39, 0.29) is 12.3 Å². The number of nitro groups is 1. The lowest BCUT2D eigenvalue weighted by Gasteiger charge is -2.22. The minimum absolute atomic E-state index is 0.00895. The topological polar surface area (TPSA) is 119 Å². The molecule has 134 valence electrons. The third-order valence-electron chi connectivity index (χ3n) is 2.63. The number of thiophene rings is 1. The largest absolute Gasteiger partial charge is 0.480 e. The molecular formula is C14H20N2O6S2. The molecular weight excluding hydrogens is 356 g/mol. The van der Waals surface area contributed by atoms with Gasteiger partial charge in [-0.1, -0.05) is 6.07 Å². The lowest BCUT2D eigenvalue weighted by atomic mass is 10.2. The molecule has 0 aliphatic heterocycles. The van der Waals surface area contributed by atoms with E-state index >= 15 is 0 Å². The average molecular weight is 376 g/mol. The number of hydrogen-bond acceptors (Lipinski definition) is 7. The summed E-state index contributed by atoms with van der Waals surface area (Å²) in [6.07, 6.45) is -0.836. The molecule has 1 heterocycles. The Balaban J connectivity index is 2.68. The maximum Gasteiger partial charge on any atom is 0.408 e. The second-order valence-corrected chi connectivity index (χ2v) is 8.10. The lowest BCUT2D eigenvalue weighted by molar-refractivity contribution is -0.479. The molecule has 24 heavy (non-hydrogen) atoms. The third kappa shape index (κ3) is 7.64. The summed E-state index contributed by atoms with van der Waals surface area (Å²) in [7, 11) is 0. The molecule has 0 spiro atoms. The van der Waals surface area contributed by atoms with Crippen molar-refractivity contribution in [2.24, 2.45) is 0 Å². The van der Waals surface area contributed by atoms with Crippen LogP contribution < -0.4 is 5.32 Å². The number of carbonyl (C=O) groups excluding carboxylic acids is 1. The molecule has 2 N–H and O–H groups in total. The van der Waals surface area contributed by atoms with Crippen LogP contribution in [-0.2, 0) is 9.53 Å². The van der Waals surface area contributed by atoms with Gasteiger partial charge >= 0.3 is 12.1 Å². The van der Waals surface area contributed by atoms with Crippen LogP contribution in [0.1, 0.15) is 30.9 Å². The minimum Gasteiger partial charge on any atom is -0.480 e. The van der Waals surface area contributed by atoms with Crippen LogP contribution in [-0.4, -0.2) is 46.0 Å². The molecule has 0 aliphatic carbocycles. The van der Waals surface area contributed by atoms with Crippen LogP contribution in [0.2, 0.25) is 0 Å². The highest BCUT2D eigenvalue weighted by Gasteiger charge is 2.27. The second-order valence-electron chi connectivity index (χ2n) is 5.89. The SMILES string of the molecule is CC(C)(C)OC(=O)N[C@@H](CSC(C[N+](=O)[O-])c1cccs1)C(=O)O. The van der Waals surface area contributed by atoms with Gasteiger partial charge in [-0.05, 0) is 32.2 Å². The number of rotatable bonds is 8. The molecule has 8 nitrogen and oxygen atoms in total. The Morgan fingerprint density at radius 1 is 1.50 bits per heavy atom. The third-order valence-corrected chi connectivity index (χ3v) is 5.09. The molecule has 0 aliphatic rings. The molecule has 0 saturated heterocycles. The van der Waals surface area contributed by atoms with Gasteiger partial charge in [-0.15, -0.1) is 23.1 Å². The van der Waals surface area contributed by atoms with Crippen molar-refractivity contribution in [2.45, 2.75) is 37.7 Å². The first-order valence-electron chi connectivity index (χ1n) is 7.07. The number of amides is 1. The summed E-state index contributed by atoms with van der Waals surface area (Å²) >= 11 is 2.49. The first-order chi connectivity index (χ1) is 11.1. The van der Waals surface area contributed by atoms with Crippen LogP contribution in [0.15, 0.2) is 17.5 Å². The summed E-state index contributed by atoms with van der Waals surface area (Å²) in [6.45, 7) is 4.69. The number of nitrogens with zero attached hydrogens (tertiary/aromatic N) is 1. The Bertz CT molecular complexity index is 570. The molecule has 0 fully saturated rings. The summed E-state index contributed by atoms with van der Waals surface area (Å²) in [5.41, 5.74) is -0.745. The van der Waals surface area contributed by atoms with Crippen molar-refractivity contribution in [1.82, 2.24) is 5.32 Å². The Labute approximate surface area is 147 Å². The molecule has 0 saturated carbocycles. The van der Waals surface area contributed by atoms with Gasteiger partial charge in [0.15, 0.2) is 0 Å². The molecule has 1 rings (SSSR count). The van der Waals surface area contributed by atoms with Gasteiger partial charge in [-0.25, -0.2) is 9.59 Å². The number of ether oxygens (including phenoxy) is 1.